The van der Waals surface area contributed by atoms with Crippen molar-refractivity contribution in [2.24, 2.45) is 0 Å². The van der Waals surface area contributed by atoms with Gasteiger partial charge in [-0.3, -0.25) is 0 Å². The molecule has 0 aliphatic carbocycles. The highest BCUT2D eigenvalue weighted by molar-refractivity contribution is 5.91. The normalized spacial score (nSPS) is 10.5. The first-order valence-corrected chi connectivity index (χ1v) is 11.2. The molecule has 0 amide bonds. The van der Waals surface area contributed by atoms with E-state index in [1.807, 2.05) is 26.8 Å². The zero-order valence-electron chi connectivity index (χ0n) is 19.5. The van der Waals surface area contributed by atoms with Gasteiger partial charge in [-0.15, -0.1) is 5.92 Å². The number of fused-ring (bicyclic) bond motifs is 1. The predicted molar refractivity (Wildman–Crippen MR) is 134 cm³/mol. The lowest BCUT2D eigenvalue weighted by Gasteiger charge is -2.10. The van der Waals surface area contributed by atoms with E-state index in [2.05, 4.69) is 42.2 Å². The second-order valence-electron chi connectivity index (χ2n) is 8.11. The van der Waals surface area contributed by atoms with Crippen molar-refractivity contribution < 1.29 is 19.0 Å². The third-order valence-electron chi connectivity index (χ3n) is 5.08. The Morgan fingerprint density at radius 1 is 0.794 bits per heavy atom. The van der Waals surface area contributed by atoms with Crippen LogP contribution in [0.5, 0.6) is 17.2 Å². The summed E-state index contributed by atoms with van der Waals surface area (Å²) < 4.78 is 17.0. The van der Waals surface area contributed by atoms with Crippen LogP contribution in [0.4, 0.5) is 0 Å². The van der Waals surface area contributed by atoms with E-state index < -0.39 is 5.97 Å². The molecule has 4 heteroatoms. The summed E-state index contributed by atoms with van der Waals surface area (Å²) in [5.74, 6) is 7.46. The standard InChI is InChI=1S/C30H26O4/c1-4-5-22-6-8-26-19-23(7-9-25(26)18-22)20-32-27-12-10-24(11-13-27)30(31)34-29-16-14-28(15-17-29)33-21(2)3/h6-19,21H,20H2,1-3H3. The molecule has 4 nitrogen and oxygen atoms in total. The van der Waals surface area contributed by atoms with Crippen LogP contribution in [0, 0.1) is 11.8 Å². The molecule has 170 valence electrons. The van der Waals surface area contributed by atoms with Crippen LogP contribution >= 0.6 is 0 Å². The topological polar surface area (TPSA) is 44.8 Å². The van der Waals surface area contributed by atoms with E-state index in [4.69, 9.17) is 14.2 Å². The highest BCUT2D eigenvalue weighted by Gasteiger charge is 2.09. The fraction of sp³-hybridized carbons (Fsp3) is 0.167. The lowest BCUT2D eigenvalue weighted by atomic mass is 10.0. The first-order chi connectivity index (χ1) is 16.5. The molecule has 0 aliphatic heterocycles. The Hall–Kier alpha value is -4.23. The van der Waals surface area contributed by atoms with Crippen LogP contribution in [0.15, 0.2) is 84.9 Å². The van der Waals surface area contributed by atoms with Crippen molar-refractivity contribution in [2.75, 3.05) is 0 Å². The average molecular weight is 451 g/mol. The maximum atomic E-state index is 12.5. The third kappa shape index (κ3) is 5.96. The van der Waals surface area contributed by atoms with E-state index in [9.17, 15) is 4.79 Å². The van der Waals surface area contributed by atoms with Gasteiger partial charge in [-0.1, -0.05) is 24.1 Å². The van der Waals surface area contributed by atoms with E-state index >= 15 is 0 Å². The molecule has 0 fully saturated rings. The van der Waals surface area contributed by atoms with Crippen molar-refractivity contribution in [1.82, 2.24) is 0 Å². The molecule has 34 heavy (non-hydrogen) atoms. The van der Waals surface area contributed by atoms with Crippen LogP contribution in [0.2, 0.25) is 0 Å². The van der Waals surface area contributed by atoms with Crippen LogP contribution in [0.1, 0.15) is 42.3 Å². The highest BCUT2D eigenvalue weighted by Crippen LogP contribution is 2.22. The Kier molecular flexibility index (Phi) is 7.15. The van der Waals surface area contributed by atoms with Crippen LogP contribution in [-0.4, -0.2) is 12.1 Å². The molecular weight excluding hydrogens is 424 g/mol. The molecule has 4 aromatic carbocycles. The summed E-state index contributed by atoms with van der Waals surface area (Å²) in [6.07, 6.45) is 0.0875. The minimum absolute atomic E-state index is 0.0875. The van der Waals surface area contributed by atoms with Crippen LogP contribution < -0.4 is 14.2 Å². The number of carbonyl (C=O) groups is 1. The van der Waals surface area contributed by atoms with Gasteiger partial charge in [0.1, 0.15) is 23.9 Å². The van der Waals surface area contributed by atoms with Gasteiger partial charge in [0.05, 0.1) is 11.7 Å². The molecule has 4 rings (SSSR count). The third-order valence-corrected chi connectivity index (χ3v) is 5.08. The van der Waals surface area contributed by atoms with Crippen molar-refractivity contribution in [3.8, 4) is 29.1 Å². The van der Waals surface area contributed by atoms with Crippen molar-refractivity contribution in [2.45, 2.75) is 33.5 Å². The molecule has 0 heterocycles. The van der Waals surface area contributed by atoms with Gasteiger partial charge in [-0.2, -0.15) is 0 Å². The Labute approximate surface area is 200 Å². The van der Waals surface area contributed by atoms with E-state index in [1.54, 1.807) is 48.5 Å². The van der Waals surface area contributed by atoms with Crippen molar-refractivity contribution in [3.05, 3.63) is 102 Å². The summed E-state index contributed by atoms with van der Waals surface area (Å²) in [4.78, 5) is 12.5. The number of esters is 1. The quantitative estimate of drug-likeness (QED) is 0.177. The molecule has 0 saturated heterocycles. The van der Waals surface area contributed by atoms with Crippen LogP contribution in [0.25, 0.3) is 10.8 Å². The van der Waals surface area contributed by atoms with E-state index in [0.717, 1.165) is 27.6 Å². The molecular formula is C30H26O4. The van der Waals surface area contributed by atoms with Crippen LogP contribution in [-0.2, 0) is 6.61 Å². The fourth-order valence-electron chi connectivity index (χ4n) is 3.49. The number of carbonyl (C=O) groups excluding carboxylic acids is 1. The zero-order valence-corrected chi connectivity index (χ0v) is 19.5. The lowest BCUT2D eigenvalue weighted by molar-refractivity contribution is 0.0734. The maximum Gasteiger partial charge on any atom is 0.343 e. The number of benzene rings is 4. The number of ether oxygens (including phenoxy) is 3. The van der Waals surface area contributed by atoms with Gasteiger partial charge in [-0.05, 0) is 104 Å². The molecule has 0 aromatic heterocycles. The largest absolute Gasteiger partial charge is 0.491 e. The fourth-order valence-corrected chi connectivity index (χ4v) is 3.49. The van der Waals surface area contributed by atoms with Gasteiger partial charge in [0.25, 0.3) is 0 Å². The molecule has 0 saturated carbocycles. The summed E-state index contributed by atoms with van der Waals surface area (Å²) in [6, 6.07) is 26.4. The molecule has 0 radical (unpaired) electrons. The van der Waals surface area contributed by atoms with Crippen molar-refractivity contribution >= 4 is 16.7 Å². The summed E-state index contributed by atoms with van der Waals surface area (Å²) in [6.45, 7) is 6.19. The Morgan fingerprint density at radius 2 is 1.44 bits per heavy atom. The molecule has 0 atom stereocenters. The second-order valence-corrected chi connectivity index (χ2v) is 8.11. The van der Waals surface area contributed by atoms with E-state index in [-0.39, 0.29) is 6.10 Å². The highest BCUT2D eigenvalue weighted by atomic mass is 16.5. The smallest absolute Gasteiger partial charge is 0.343 e. The lowest BCUT2D eigenvalue weighted by Crippen LogP contribution is -2.09. The first kappa shape index (κ1) is 22.9. The average Bonchev–Trinajstić information content (AvgIpc) is 2.84. The number of rotatable bonds is 7. The van der Waals surface area contributed by atoms with Crippen molar-refractivity contribution in [3.63, 3.8) is 0 Å². The van der Waals surface area contributed by atoms with Gasteiger partial charge in [0.15, 0.2) is 0 Å². The van der Waals surface area contributed by atoms with Gasteiger partial charge >= 0.3 is 5.97 Å². The zero-order chi connectivity index (χ0) is 23.9. The summed E-state index contributed by atoms with van der Waals surface area (Å²) in [5.41, 5.74) is 2.52. The molecule has 0 spiro atoms. The Bertz CT molecular complexity index is 1340. The molecule has 4 aromatic rings. The minimum atomic E-state index is -0.425. The number of hydrogen-bond donors (Lipinski definition) is 0. The summed E-state index contributed by atoms with van der Waals surface area (Å²) in [7, 11) is 0. The van der Waals surface area contributed by atoms with Gasteiger partial charge in [0, 0.05) is 5.56 Å². The molecule has 0 bridgehead atoms. The summed E-state index contributed by atoms with van der Waals surface area (Å²) >= 11 is 0. The van der Waals surface area contributed by atoms with Crippen LogP contribution in [0.3, 0.4) is 0 Å². The Balaban J connectivity index is 1.34. The first-order valence-electron chi connectivity index (χ1n) is 11.2. The Morgan fingerprint density at radius 3 is 2.15 bits per heavy atom. The second kappa shape index (κ2) is 10.6. The molecule has 0 aliphatic rings. The molecule has 0 unspecified atom stereocenters. The number of hydrogen-bond acceptors (Lipinski definition) is 4. The monoisotopic (exact) mass is 450 g/mol. The van der Waals surface area contributed by atoms with Gasteiger partial charge < -0.3 is 14.2 Å². The summed E-state index contributed by atoms with van der Waals surface area (Å²) in [5, 5.41) is 2.29. The van der Waals surface area contributed by atoms with Crippen molar-refractivity contribution in [1.29, 1.82) is 0 Å². The van der Waals surface area contributed by atoms with Gasteiger partial charge in [-0.25, -0.2) is 4.79 Å². The van der Waals surface area contributed by atoms with E-state index in [1.165, 1.54) is 0 Å². The van der Waals surface area contributed by atoms with E-state index in [0.29, 0.717) is 23.7 Å². The minimum Gasteiger partial charge on any atom is -0.491 e. The maximum absolute atomic E-state index is 12.5. The predicted octanol–water partition coefficient (Wildman–Crippen LogP) is 6.80. The van der Waals surface area contributed by atoms with Gasteiger partial charge in [0.2, 0.25) is 0 Å². The molecule has 0 N–H and O–H groups in total. The SMILES string of the molecule is CC#Cc1ccc2cc(COc3ccc(C(=O)Oc4ccc(OC(C)C)cc4)cc3)ccc2c1.